The Balaban J connectivity index is -0.000000266. The van der Waals surface area contributed by atoms with Crippen molar-refractivity contribution in [3.63, 3.8) is 0 Å². The van der Waals surface area contributed by atoms with Crippen LogP contribution in [0, 0.1) is 11.8 Å². The Morgan fingerprint density at radius 1 is 1.00 bits per heavy atom. The maximum absolute atomic E-state index is 4.04. The van der Waals surface area contributed by atoms with Gasteiger partial charge in [-0.25, -0.2) is 0 Å². The highest BCUT2D eigenvalue weighted by Crippen LogP contribution is 2.18. The van der Waals surface area contributed by atoms with Crippen molar-refractivity contribution in [2.45, 2.75) is 68.2 Å². The first-order chi connectivity index (χ1) is 6.57. The van der Waals surface area contributed by atoms with Crippen LogP contribution in [0.25, 0.3) is 0 Å². The lowest BCUT2D eigenvalue weighted by Crippen LogP contribution is -1.99. The van der Waals surface area contributed by atoms with Gasteiger partial charge in [0.1, 0.15) is 0 Å². The Kier molecular flexibility index (Phi) is 21.0. The summed E-state index contributed by atoms with van der Waals surface area (Å²) in [5.41, 5.74) is 1.40. The standard InChI is InChI=1S/C10H20.2C2H6/c1-6-9(4)7-10(5)8(2)3;2*1-2/h8-9H,5-7H2,1-4H3;2*1-2H3. The van der Waals surface area contributed by atoms with Gasteiger partial charge < -0.3 is 0 Å². The van der Waals surface area contributed by atoms with E-state index in [2.05, 4.69) is 34.3 Å². The van der Waals surface area contributed by atoms with Crippen molar-refractivity contribution in [2.24, 2.45) is 11.8 Å². The lowest BCUT2D eigenvalue weighted by Gasteiger charge is -2.13. The second-order valence-corrected chi connectivity index (χ2v) is 3.53. The topological polar surface area (TPSA) is 0 Å². The molecule has 0 fully saturated rings. The van der Waals surface area contributed by atoms with E-state index in [1.165, 1.54) is 18.4 Å². The van der Waals surface area contributed by atoms with Gasteiger partial charge in [0.2, 0.25) is 0 Å². The molecule has 0 aliphatic rings. The molecule has 0 rings (SSSR count). The van der Waals surface area contributed by atoms with Gasteiger partial charge in [0.25, 0.3) is 0 Å². The monoisotopic (exact) mass is 200 g/mol. The van der Waals surface area contributed by atoms with Crippen molar-refractivity contribution in [3.05, 3.63) is 12.2 Å². The van der Waals surface area contributed by atoms with Crippen LogP contribution in [0.1, 0.15) is 68.2 Å². The summed E-state index contributed by atoms with van der Waals surface area (Å²) in [6.45, 7) is 21.0. The third kappa shape index (κ3) is 14.3. The lowest BCUT2D eigenvalue weighted by molar-refractivity contribution is 0.528. The first-order valence-corrected chi connectivity index (χ1v) is 6.25. The molecule has 0 saturated carbocycles. The summed E-state index contributed by atoms with van der Waals surface area (Å²) in [4.78, 5) is 0. The third-order valence-corrected chi connectivity index (χ3v) is 2.12. The van der Waals surface area contributed by atoms with Crippen LogP contribution >= 0.6 is 0 Å². The van der Waals surface area contributed by atoms with Gasteiger partial charge in [-0.1, -0.05) is 74.0 Å². The van der Waals surface area contributed by atoms with Gasteiger partial charge in [-0.15, -0.1) is 0 Å². The first-order valence-electron chi connectivity index (χ1n) is 6.25. The number of hydrogen-bond acceptors (Lipinski definition) is 0. The molecule has 1 unspecified atom stereocenters. The third-order valence-electron chi connectivity index (χ3n) is 2.12. The molecule has 0 nitrogen and oxygen atoms in total. The maximum atomic E-state index is 4.04. The fourth-order valence-electron chi connectivity index (χ4n) is 0.828. The van der Waals surface area contributed by atoms with E-state index in [1.807, 2.05) is 27.7 Å². The van der Waals surface area contributed by atoms with E-state index in [-0.39, 0.29) is 0 Å². The predicted octanol–water partition coefficient (Wildman–Crippen LogP) is 5.69. The largest absolute Gasteiger partial charge is 0.0996 e. The predicted molar refractivity (Wildman–Crippen MR) is 70.7 cm³/mol. The minimum absolute atomic E-state index is 0.661. The van der Waals surface area contributed by atoms with Crippen LogP contribution in [0.3, 0.4) is 0 Å². The van der Waals surface area contributed by atoms with Crippen molar-refractivity contribution in [1.82, 2.24) is 0 Å². The molecule has 0 aromatic heterocycles. The van der Waals surface area contributed by atoms with Gasteiger partial charge in [-0.05, 0) is 18.3 Å². The highest BCUT2D eigenvalue weighted by molar-refractivity contribution is 4.98. The highest BCUT2D eigenvalue weighted by atomic mass is 14.1. The molecule has 0 amide bonds. The van der Waals surface area contributed by atoms with E-state index in [0.29, 0.717) is 5.92 Å². The van der Waals surface area contributed by atoms with E-state index in [0.717, 1.165) is 5.92 Å². The Morgan fingerprint density at radius 2 is 1.36 bits per heavy atom. The minimum Gasteiger partial charge on any atom is -0.0996 e. The molecule has 14 heavy (non-hydrogen) atoms. The molecule has 1 atom stereocenters. The summed E-state index contributed by atoms with van der Waals surface area (Å²) in [6, 6.07) is 0. The van der Waals surface area contributed by atoms with Crippen LogP contribution in [-0.4, -0.2) is 0 Å². The smallest absolute Gasteiger partial charge is 0.0263 e. The molecular formula is C14H32. The summed E-state index contributed by atoms with van der Waals surface area (Å²) in [7, 11) is 0. The van der Waals surface area contributed by atoms with E-state index >= 15 is 0 Å². The van der Waals surface area contributed by atoms with E-state index in [1.54, 1.807) is 0 Å². The van der Waals surface area contributed by atoms with Gasteiger partial charge in [-0.2, -0.15) is 0 Å². The average molecular weight is 200 g/mol. The first kappa shape index (κ1) is 19.3. The highest BCUT2D eigenvalue weighted by Gasteiger charge is 2.04. The van der Waals surface area contributed by atoms with Crippen LogP contribution in [-0.2, 0) is 0 Å². The van der Waals surface area contributed by atoms with Gasteiger partial charge >= 0.3 is 0 Å². The van der Waals surface area contributed by atoms with Gasteiger partial charge in [0.05, 0.1) is 0 Å². The quantitative estimate of drug-likeness (QED) is 0.512. The summed E-state index contributed by atoms with van der Waals surface area (Å²) in [5.74, 6) is 1.48. The molecule has 0 aromatic rings. The Hall–Kier alpha value is -0.260. The fraction of sp³-hybridized carbons (Fsp3) is 0.857. The Labute approximate surface area is 92.8 Å². The number of allylic oxidation sites excluding steroid dienone is 1. The molecule has 0 heteroatoms. The van der Waals surface area contributed by atoms with Gasteiger partial charge in [-0.3, -0.25) is 0 Å². The summed E-state index contributed by atoms with van der Waals surface area (Å²) < 4.78 is 0. The van der Waals surface area contributed by atoms with Crippen LogP contribution in [0.5, 0.6) is 0 Å². The molecule has 0 saturated heterocycles. The molecule has 0 aliphatic heterocycles. The molecule has 0 aliphatic carbocycles. The average Bonchev–Trinajstić information content (AvgIpc) is 2.23. The molecular weight excluding hydrogens is 168 g/mol. The Morgan fingerprint density at radius 3 is 1.57 bits per heavy atom. The summed E-state index contributed by atoms with van der Waals surface area (Å²) in [6.07, 6.45) is 2.47. The van der Waals surface area contributed by atoms with Gasteiger partial charge in [0.15, 0.2) is 0 Å². The van der Waals surface area contributed by atoms with Crippen molar-refractivity contribution < 1.29 is 0 Å². The lowest BCUT2D eigenvalue weighted by atomic mass is 9.93. The van der Waals surface area contributed by atoms with Crippen molar-refractivity contribution >= 4 is 0 Å². The molecule has 88 valence electrons. The van der Waals surface area contributed by atoms with Gasteiger partial charge in [0, 0.05) is 0 Å². The van der Waals surface area contributed by atoms with Crippen LogP contribution < -0.4 is 0 Å². The number of hydrogen-bond donors (Lipinski definition) is 0. The second-order valence-electron chi connectivity index (χ2n) is 3.53. The zero-order valence-corrected chi connectivity index (χ0v) is 11.8. The molecule has 0 spiro atoms. The second kappa shape index (κ2) is 15.2. The fourth-order valence-corrected chi connectivity index (χ4v) is 0.828. The van der Waals surface area contributed by atoms with Crippen molar-refractivity contribution in [2.75, 3.05) is 0 Å². The Bertz CT molecular complexity index is 101. The molecule has 0 aromatic carbocycles. The van der Waals surface area contributed by atoms with Crippen LogP contribution in [0.15, 0.2) is 12.2 Å². The van der Waals surface area contributed by atoms with E-state index in [9.17, 15) is 0 Å². The number of rotatable bonds is 4. The molecule has 0 bridgehead atoms. The maximum Gasteiger partial charge on any atom is -0.0263 e. The van der Waals surface area contributed by atoms with Crippen molar-refractivity contribution in [1.29, 1.82) is 0 Å². The molecule has 0 heterocycles. The normalized spacial score (nSPS) is 10.6. The zero-order chi connectivity index (χ0) is 12.1. The van der Waals surface area contributed by atoms with Crippen molar-refractivity contribution in [3.8, 4) is 0 Å². The minimum atomic E-state index is 0.661. The van der Waals surface area contributed by atoms with E-state index in [4.69, 9.17) is 0 Å². The van der Waals surface area contributed by atoms with Crippen LogP contribution in [0.2, 0.25) is 0 Å². The summed E-state index contributed by atoms with van der Waals surface area (Å²) in [5, 5.41) is 0. The molecule has 0 N–H and O–H groups in total. The van der Waals surface area contributed by atoms with Crippen LogP contribution in [0.4, 0.5) is 0 Å². The zero-order valence-electron chi connectivity index (χ0n) is 11.8. The summed E-state index contributed by atoms with van der Waals surface area (Å²) >= 11 is 0. The SMILES string of the molecule is C=C(CC(C)CC)C(C)C.CC.CC. The molecule has 0 radical (unpaired) electrons. The van der Waals surface area contributed by atoms with E-state index < -0.39 is 0 Å².